The van der Waals surface area contributed by atoms with Crippen LogP contribution in [0.4, 0.5) is 13.2 Å². The molecule has 1 aromatic heterocycles. The third-order valence-electron chi connectivity index (χ3n) is 5.31. The van der Waals surface area contributed by atoms with E-state index in [-0.39, 0.29) is 11.3 Å². The maximum absolute atomic E-state index is 13.6. The smallest absolute Gasteiger partial charge is 0.194 e. The van der Waals surface area contributed by atoms with Crippen molar-refractivity contribution in [2.24, 2.45) is 0 Å². The molecule has 5 atom stereocenters. The molecule has 3 aromatic rings. The van der Waals surface area contributed by atoms with E-state index in [2.05, 4.69) is 10.3 Å². The SMILES string of the molecule is COc1ccc(Cl)cc1SC1OC(CO)C(O)C(n2cc(-c3cc(F)c(F)c(F)c3)nn2)C1O. The zero-order chi connectivity index (χ0) is 24.6. The van der Waals surface area contributed by atoms with Gasteiger partial charge in [0, 0.05) is 10.6 Å². The quantitative estimate of drug-likeness (QED) is 0.428. The second-order valence-electron chi connectivity index (χ2n) is 7.45. The number of hydrogen-bond acceptors (Lipinski definition) is 8. The van der Waals surface area contributed by atoms with Gasteiger partial charge in [-0.2, -0.15) is 0 Å². The van der Waals surface area contributed by atoms with Crippen LogP contribution in [0.1, 0.15) is 6.04 Å². The molecule has 182 valence electrons. The molecule has 0 spiro atoms. The molecule has 0 amide bonds. The van der Waals surface area contributed by atoms with Gasteiger partial charge < -0.3 is 24.8 Å². The van der Waals surface area contributed by atoms with Gasteiger partial charge in [-0.25, -0.2) is 17.9 Å². The van der Waals surface area contributed by atoms with Crippen LogP contribution in [-0.4, -0.2) is 67.8 Å². The van der Waals surface area contributed by atoms with Gasteiger partial charge in [0.2, 0.25) is 0 Å². The first-order valence-corrected chi connectivity index (χ1v) is 11.2. The first-order chi connectivity index (χ1) is 16.2. The van der Waals surface area contributed by atoms with E-state index < -0.39 is 53.8 Å². The van der Waals surface area contributed by atoms with Crippen LogP contribution in [-0.2, 0) is 4.74 Å². The highest BCUT2D eigenvalue weighted by molar-refractivity contribution is 8.00. The van der Waals surface area contributed by atoms with E-state index in [1.165, 1.54) is 13.3 Å². The number of benzene rings is 2. The minimum Gasteiger partial charge on any atom is -0.496 e. The number of hydrogen-bond donors (Lipinski definition) is 3. The van der Waals surface area contributed by atoms with Gasteiger partial charge in [0.1, 0.15) is 41.2 Å². The van der Waals surface area contributed by atoms with E-state index in [1.54, 1.807) is 18.2 Å². The summed E-state index contributed by atoms with van der Waals surface area (Å²) in [5.74, 6) is -3.95. The van der Waals surface area contributed by atoms with E-state index in [4.69, 9.17) is 21.1 Å². The molecule has 5 unspecified atom stereocenters. The van der Waals surface area contributed by atoms with Crippen molar-refractivity contribution in [2.75, 3.05) is 13.7 Å². The maximum Gasteiger partial charge on any atom is 0.194 e. The second kappa shape index (κ2) is 10.1. The zero-order valence-electron chi connectivity index (χ0n) is 17.5. The van der Waals surface area contributed by atoms with Crippen molar-refractivity contribution in [3.8, 4) is 17.0 Å². The van der Waals surface area contributed by atoms with Gasteiger partial charge in [0.25, 0.3) is 0 Å². The lowest BCUT2D eigenvalue weighted by molar-refractivity contribution is -0.178. The van der Waals surface area contributed by atoms with E-state index in [0.717, 1.165) is 28.6 Å². The third kappa shape index (κ3) is 4.74. The lowest BCUT2D eigenvalue weighted by Gasteiger charge is -2.41. The van der Waals surface area contributed by atoms with E-state index in [1.807, 2.05) is 0 Å². The number of aromatic nitrogens is 3. The molecule has 1 fully saturated rings. The van der Waals surface area contributed by atoms with Crippen LogP contribution < -0.4 is 4.74 Å². The fourth-order valence-corrected chi connectivity index (χ4v) is 5.05. The monoisotopic (exact) mass is 517 g/mol. The summed E-state index contributed by atoms with van der Waals surface area (Å²) in [4.78, 5) is 0.544. The van der Waals surface area contributed by atoms with Crippen molar-refractivity contribution in [1.29, 1.82) is 0 Å². The molecule has 1 aliphatic rings. The lowest BCUT2D eigenvalue weighted by atomic mass is 9.97. The Morgan fingerprint density at radius 2 is 1.85 bits per heavy atom. The molecule has 13 heteroatoms. The predicted molar refractivity (Wildman–Crippen MR) is 116 cm³/mol. The Kier molecular flexibility index (Phi) is 7.36. The number of nitrogens with zero attached hydrogens (tertiary/aromatic N) is 3. The van der Waals surface area contributed by atoms with Gasteiger partial charge in [-0.3, -0.25) is 0 Å². The zero-order valence-corrected chi connectivity index (χ0v) is 19.1. The first kappa shape index (κ1) is 24.8. The number of ether oxygens (including phenoxy) is 2. The third-order valence-corrected chi connectivity index (χ3v) is 6.74. The Hall–Kier alpha value is -2.35. The van der Waals surface area contributed by atoms with Crippen molar-refractivity contribution in [3.05, 3.63) is 59.0 Å². The molecule has 0 saturated carbocycles. The number of halogens is 4. The molecule has 0 radical (unpaired) electrons. The van der Waals surface area contributed by atoms with Gasteiger partial charge in [-0.05, 0) is 30.3 Å². The van der Waals surface area contributed by atoms with Crippen LogP contribution in [0.2, 0.25) is 5.02 Å². The Labute approximate surface area is 200 Å². The topological polar surface area (TPSA) is 110 Å². The lowest BCUT2D eigenvalue weighted by Crippen LogP contribution is -2.55. The highest BCUT2D eigenvalue weighted by Crippen LogP contribution is 2.42. The average molecular weight is 518 g/mol. The molecule has 4 rings (SSSR count). The normalized spacial score (nSPS) is 24.9. The summed E-state index contributed by atoms with van der Waals surface area (Å²) in [5.41, 5.74) is -1.11. The van der Waals surface area contributed by atoms with Crippen LogP contribution in [0.5, 0.6) is 5.75 Å². The summed E-state index contributed by atoms with van der Waals surface area (Å²) in [6, 6.07) is 5.24. The molecule has 0 bridgehead atoms. The number of aliphatic hydroxyl groups excluding tert-OH is 3. The molecule has 1 saturated heterocycles. The molecular weight excluding hydrogens is 499 g/mol. The second-order valence-corrected chi connectivity index (χ2v) is 9.02. The molecule has 3 N–H and O–H groups in total. The van der Waals surface area contributed by atoms with Crippen molar-refractivity contribution in [1.82, 2.24) is 15.0 Å². The Balaban J connectivity index is 1.65. The maximum atomic E-state index is 13.6. The summed E-state index contributed by atoms with van der Waals surface area (Å²) >= 11 is 7.13. The van der Waals surface area contributed by atoms with E-state index >= 15 is 0 Å². The molecule has 8 nitrogen and oxygen atoms in total. The Morgan fingerprint density at radius 1 is 1.15 bits per heavy atom. The van der Waals surface area contributed by atoms with Gasteiger partial charge in [0.05, 0.1) is 24.8 Å². The fourth-order valence-electron chi connectivity index (χ4n) is 3.60. The minimum absolute atomic E-state index is 0.0232. The Bertz CT molecular complexity index is 1160. The van der Waals surface area contributed by atoms with Crippen LogP contribution >= 0.6 is 23.4 Å². The van der Waals surface area contributed by atoms with E-state index in [0.29, 0.717) is 15.7 Å². The van der Waals surface area contributed by atoms with Crippen LogP contribution in [0, 0.1) is 17.5 Å². The molecular formula is C21H19ClF3N3O5S. The highest BCUT2D eigenvalue weighted by atomic mass is 35.5. The first-order valence-electron chi connectivity index (χ1n) is 9.93. The molecule has 2 heterocycles. The fraction of sp³-hybridized carbons (Fsp3) is 0.333. The summed E-state index contributed by atoms with van der Waals surface area (Å²) in [5, 5.41) is 39.6. The number of aliphatic hydroxyl groups is 3. The van der Waals surface area contributed by atoms with Crippen molar-refractivity contribution >= 4 is 23.4 Å². The number of methoxy groups -OCH3 is 1. The number of thioether (sulfide) groups is 1. The summed E-state index contributed by atoms with van der Waals surface area (Å²) < 4.78 is 52.7. The molecule has 2 aromatic carbocycles. The van der Waals surface area contributed by atoms with Crippen molar-refractivity contribution < 1.29 is 38.0 Å². The summed E-state index contributed by atoms with van der Waals surface area (Å²) in [7, 11) is 1.46. The molecule has 1 aliphatic heterocycles. The standard InChI is InChI=1S/C21H19ClF3N3O5S/c1-32-14-3-2-10(22)6-16(14)34-21-20(31)18(19(30)15(8-29)33-21)28-7-13(26-27-28)9-4-11(23)17(25)12(24)5-9/h2-7,15,18-21,29-31H,8H2,1H3. The largest absolute Gasteiger partial charge is 0.496 e. The highest BCUT2D eigenvalue weighted by Gasteiger charge is 2.46. The van der Waals surface area contributed by atoms with Gasteiger partial charge in [0.15, 0.2) is 17.5 Å². The predicted octanol–water partition coefficient (Wildman–Crippen LogP) is 2.80. The average Bonchev–Trinajstić information content (AvgIpc) is 3.29. The van der Waals surface area contributed by atoms with Crippen molar-refractivity contribution in [2.45, 2.75) is 34.7 Å². The molecule has 34 heavy (non-hydrogen) atoms. The van der Waals surface area contributed by atoms with Gasteiger partial charge >= 0.3 is 0 Å². The van der Waals surface area contributed by atoms with Gasteiger partial charge in [-0.1, -0.05) is 28.6 Å². The van der Waals surface area contributed by atoms with E-state index in [9.17, 15) is 28.5 Å². The number of rotatable bonds is 6. The molecule has 0 aliphatic carbocycles. The summed E-state index contributed by atoms with van der Waals surface area (Å²) in [6.45, 7) is -0.565. The Morgan fingerprint density at radius 3 is 2.50 bits per heavy atom. The van der Waals surface area contributed by atoms with Gasteiger partial charge in [-0.15, -0.1) is 5.10 Å². The van der Waals surface area contributed by atoms with Crippen LogP contribution in [0.25, 0.3) is 11.3 Å². The van der Waals surface area contributed by atoms with Crippen LogP contribution in [0.15, 0.2) is 41.4 Å². The van der Waals surface area contributed by atoms with Crippen molar-refractivity contribution in [3.63, 3.8) is 0 Å². The van der Waals surface area contributed by atoms with Crippen LogP contribution in [0.3, 0.4) is 0 Å². The minimum atomic E-state index is -1.62. The summed E-state index contributed by atoms with van der Waals surface area (Å²) in [6.07, 6.45) is -2.63.